The third-order valence-corrected chi connectivity index (χ3v) is 2.02. The summed E-state index contributed by atoms with van der Waals surface area (Å²) in [6, 6.07) is 1.95. The molecular weight excluding hydrogens is 186 g/mol. The first-order valence-corrected chi connectivity index (χ1v) is 4.22. The lowest BCUT2D eigenvalue weighted by Gasteiger charge is -2.31. The van der Waals surface area contributed by atoms with Gasteiger partial charge < -0.3 is 10.0 Å². The molecule has 1 heterocycles. The molecule has 1 rings (SSSR count). The average Bonchev–Trinajstić information content (AvgIpc) is 2.10. The number of aliphatic carboxylic acids is 1. The van der Waals surface area contributed by atoms with Crippen LogP contribution in [-0.4, -0.2) is 59.5 Å². The molecule has 0 aromatic rings. The number of nitriles is 1. The van der Waals surface area contributed by atoms with Crippen LogP contribution in [0.2, 0.25) is 0 Å². The first kappa shape index (κ1) is 10.5. The van der Waals surface area contributed by atoms with Crippen LogP contribution in [0.4, 0.5) is 0 Å². The number of amides is 1. The van der Waals surface area contributed by atoms with Gasteiger partial charge in [-0.1, -0.05) is 0 Å². The fraction of sp³-hybridized carbons (Fsp3) is 0.625. The summed E-state index contributed by atoms with van der Waals surface area (Å²) in [5, 5.41) is 16.9. The number of carboxylic acid groups (broad SMARTS) is 1. The van der Waals surface area contributed by atoms with Crippen LogP contribution in [0.5, 0.6) is 0 Å². The molecule has 14 heavy (non-hydrogen) atoms. The normalized spacial score (nSPS) is 17.9. The predicted octanol–water partition coefficient (Wildman–Crippen LogP) is -1.26. The highest BCUT2D eigenvalue weighted by atomic mass is 16.4. The van der Waals surface area contributed by atoms with Crippen molar-refractivity contribution in [2.24, 2.45) is 0 Å². The summed E-state index contributed by atoms with van der Waals surface area (Å²) in [6.45, 7) is 1.05. The van der Waals surface area contributed by atoms with Gasteiger partial charge in [-0.05, 0) is 0 Å². The summed E-state index contributed by atoms with van der Waals surface area (Å²) in [6.07, 6.45) is 0. The van der Waals surface area contributed by atoms with E-state index in [1.165, 1.54) is 4.90 Å². The summed E-state index contributed by atoms with van der Waals surface area (Å²) >= 11 is 0. The first-order chi connectivity index (χ1) is 6.63. The molecule has 1 saturated heterocycles. The third kappa shape index (κ3) is 2.71. The van der Waals surface area contributed by atoms with E-state index in [-0.39, 0.29) is 25.5 Å². The minimum absolute atomic E-state index is 0.140. The summed E-state index contributed by atoms with van der Waals surface area (Å²) in [7, 11) is 0. The summed E-state index contributed by atoms with van der Waals surface area (Å²) < 4.78 is 0. The maximum absolute atomic E-state index is 11.3. The van der Waals surface area contributed by atoms with Crippen LogP contribution in [0.3, 0.4) is 0 Å². The molecule has 0 atom stereocenters. The molecule has 6 nitrogen and oxygen atoms in total. The molecule has 0 aromatic heterocycles. The maximum atomic E-state index is 11.3. The molecule has 1 aliphatic rings. The second-order valence-corrected chi connectivity index (χ2v) is 3.08. The Bertz CT molecular complexity index is 284. The number of hydrogen-bond donors (Lipinski definition) is 1. The van der Waals surface area contributed by atoms with E-state index in [1.807, 2.05) is 6.07 Å². The largest absolute Gasteiger partial charge is 0.480 e. The molecule has 0 bridgehead atoms. The van der Waals surface area contributed by atoms with Crippen molar-refractivity contribution in [2.75, 3.05) is 32.7 Å². The van der Waals surface area contributed by atoms with Gasteiger partial charge in [-0.3, -0.25) is 14.5 Å². The molecule has 1 amide bonds. The maximum Gasteiger partial charge on any atom is 0.323 e. The van der Waals surface area contributed by atoms with E-state index < -0.39 is 5.97 Å². The second kappa shape index (κ2) is 4.58. The number of nitrogens with zero attached hydrogens (tertiary/aromatic N) is 3. The number of rotatable bonds is 3. The van der Waals surface area contributed by atoms with Crippen LogP contribution in [0.25, 0.3) is 0 Å². The Hall–Kier alpha value is -1.61. The van der Waals surface area contributed by atoms with E-state index in [1.54, 1.807) is 4.90 Å². The zero-order valence-electron chi connectivity index (χ0n) is 7.64. The Balaban J connectivity index is 2.44. The molecular formula is C8H11N3O3. The minimum Gasteiger partial charge on any atom is -0.480 e. The molecule has 0 saturated carbocycles. The van der Waals surface area contributed by atoms with Crippen molar-refractivity contribution in [1.82, 2.24) is 9.80 Å². The standard InChI is InChI=1S/C8H11N3O3/c9-1-2-10-3-4-11(6-8(13)14)7(12)5-10/h2-6H2,(H,13,14). The predicted molar refractivity (Wildman–Crippen MR) is 46.3 cm³/mol. The van der Waals surface area contributed by atoms with Gasteiger partial charge in [0.25, 0.3) is 0 Å². The lowest BCUT2D eigenvalue weighted by atomic mass is 10.3. The lowest BCUT2D eigenvalue weighted by Crippen LogP contribution is -2.51. The molecule has 1 N–H and O–H groups in total. The molecule has 0 aliphatic carbocycles. The van der Waals surface area contributed by atoms with E-state index in [4.69, 9.17) is 10.4 Å². The number of hydrogen-bond acceptors (Lipinski definition) is 4. The molecule has 0 radical (unpaired) electrons. The van der Waals surface area contributed by atoms with Gasteiger partial charge in [-0.15, -0.1) is 0 Å². The highest BCUT2D eigenvalue weighted by Gasteiger charge is 2.24. The summed E-state index contributed by atoms with van der Waals surface area (Å²) in [4.78, 5) is 24.7. The zero-order valence-corrected chi connectivity index (χ0v) is 7.64. The Morgan fingerprint density at radius 1 is 1.57 bits per heavy atom. The molecule has 0 unspecified atom stereocenters. The molecule has 76 valence electrons. The van der Waals surface area contributed by atoms with E-state index >= 15 is 0 Å². The van der Waals surface area contributed by atoms with Gasteiger partial charge in [0.1, 0.15) is 6.54 Å². The van der Waals surface area contributed by atoms with Crippen LogP contribution in [-0.2, 0) is 9.59 Å². The number of carboxylic acids is 1. The van der Waals surface area contributed by atoms with Crippen LogP contribution in [0.1, 0.15) is 0 Å². The summed E-state index contributed by atoms with van der Waals surface area (Å²) in [5.41, 5.74) is 0. The second-order valence-electron chi connectivity index (χ2n) is 3.08. The van der Waals surface area contributed by atoms with Crippen molar-refractivity contribution in [1.29, 1.82) is 5.26 Å². The first-order valence-electron chi connectivity index (χ1n) is 4.22. The highest BCUT2D eigenvalue weighted by Crippen LogP contribution is 2.01. The van der Waals surface area contributed by atoms with Gasteiger partial charge in [0.05, 0.1) is 19.2 Å². The minimum atomic E-state index is -1.01. The monoisotopic (exact) mass is 197 g/mol. The van der Waals surface area contributed by atoms with Crippen LogP contribution < -0.4 is 0 Å². The van der Waals surface area contributed by atoms with E-state index in [9.17, 15) is 9.59 Å². The molecule has 0 spiro atoms. The zero-order chi connectivity index (χ0) is 10.6. The van der Waals surface area contributed by atoms with Crippen LogP contribution >= 0.6 is 0 Å². The molecule has 1 fully saturated rings. The molecule has 0 aromatic carbocycles. The van der Waals surface area contributed by atoms with Crippen LogP contribution in [0, 0.1) is 11.3 Å². The van der Waals surface area contributed by atoms with Crippen molar-refractivity contribution in [3.05, 3.63) is 0 Å². The topological polar surface area (TPSA) is 84.6 Å². The number of piperazine rings is 1. The fourth-order valence-corrected chi connectivity index (χ4v) is 1.32. The van der Waals surface area contributed by atoms with Gasteiger partial charge in [0.2, 0.25) is 5.91 Å². The average molecular weight is 197 g/mol. The van der Waals surface area contributed by atoms with Crippen molar-refractivity contribution >= 4 is 11.9 Å². The van der Waals surface area contributed by atoms with Crippen molar-refractivity contribution in [2.45, 2.75) is 0 Å². The van der Waals surface area contributed by atoms with E-state index in [0.29, 0.717) is 13.1 Å². The molecule has 6 heteroatoms. The van der Waals surface area contributed by atoms with Crippen molar-refractivity contribution in [3.63, 3.8) is 0 Å². The van der Waals surface area contributed by atoms with Crippen LogP contribution in [0.15, 0.2) is 0 Å². The smallest absolute Gasteiger partial charge is 0.323 e. The third-order valence-electron chi connectivity index (χ3n) is 2.02. The fourth-order valence-electron chi connectivity index (χ4n) is 1.32. The highest BCUT2D eigenvalue weighted by molar-refractivity contribution is 5.83. The molecule has 1 aliphatic heterocycles. The van der Waals surface area contributed by atoms with Gasteiger partial charge in [-0.2, -0.15) is 5.26 Å². The number of carbonyl (C=O) groups excluding carboxylic acids is 1. The van der Waals surface area contributed by atoms with Gasteiger partial charge in [-0.25, -0.2) is 0 Å². The van der Waals surface area contributed by atoms with Gasteiger partial charge in [0, 0.05) is 13.1 Å². The lowest BCUT2D eigenvalue weighted by molar-refractivity contribution is -0.146. The quantitative estimate of drug-likeness (QED) is 0.571. The van der Waals surface area contributed by atoms with Crippen molar-refractivity contribution in [3.8, 4) is 6.07 Å². The number of carbonyl (C=O) groups is 2. The Kier molecular flexibility index (Phi) is 3.42. The van der Waals surface area contributed by atoms with Gasteiger partial charge in [0.15, 0.2) is 0 Å². The SMILES string of the molecule is N#CCN1CCN(CC(=O)O)C(=O)C1. The van der Waals surface area contributed by atoms with Crippen molar-refractivity contribution < 1.29 is 14.7 Å². The Morgan fingerprint density at radius 2 is 2.29 bits per heavy atom. The Labute approximate surface area is 81.3 Å². The van der Waals surface area contributed by atoms with Gasteiger partial charge >= 0.3 is 5.97 Å². The Morgan fingerprint density at radius 3 is 2.79 bits per heavy atom. The van der Waals surface area contributed by atoms with E-state index in [2.05, 4.69) is 0 Å². The summed E-state index contributed by atoms with van der Waals surface area (Å²) in [5.74, 6) is -1.24. The van der Waals surface area contributed by atoms with E-state index in [0.717, 1.165) is 0 Å².